The summed E-state index contributed by atoms with van der Waals surface area (Å²) in [4.78, 5) is 48.3. The number of nitrogens with one attached hydrogen (secondary N) is 3. The fourth-order valence-electron chi connectivity index (χ4n) is 2.14. The van der Waals surface area contributed by atoms with Gasteiger partial charge in [0.25, 0.3) is 5.56 Å². The van der Waals surface area contributed by atoms with Crippen LogP contribution in [0.2, 0.25) is 0 Å². The molecule has 0 bridgehead atoms. The molecule has 0 atom stereocenters. The van der Waals surface area contributed by atoms with E-state index >= 15 is 0 Å². The predicted molar refractivity (Wildman–Crippen MR) is 94.5 cm³/mol. The number of carbonyl (C=O) groups excluding carboxylic acids is 2. The average molecular weight is 344 g/mol. The lowest BCUT2D eigenvalue weighted by Crippen LogP contribution is -2.32. The second-order valence-electron chi connectivity index (χ2n) is 6.01. The zero-order valence-corrected chi connectivity index (χ0v) is 14.0. The average Bonchev–Trinajstić information content (AvgIpc) is 2.51. The van der Waals surface area contributed by atoms with Crippen molar-refractivity contribution in [3.05, 3.63) is 57.4 Å². The highest BCUT2D eigenvalue weighted by molar-refractivity contribution is 5.92. The predicted octanol–water partition coefficient (Wildman–Crippen LogP) is 1.16. The lowest BCUT2D eigenvalue weighted by molar-refractivity contribution is -0.117. The zero-order valence-electron chi connectivity index (χ0n) is 14.0. The van der Waals surface area contributed by atoms with E-state index in [9.17, 15) is 19.2 Å². The molecule has 25 heavy (non-hydrogen) atoms. The smallest absolute Gasteiger partial charge is 0.326 e. The highest BCUT2D eigenvalue weighted by atomic mass is 16.2. The molecular weight excluding hydrogens is 324 g/mol. The van der Waals surface area contributed by atoms with Crippen molar-refractivity contribution in [1.82, 2.24) is 9.55 Å². The normalized spacial score (nSPS) is 10.5. The van der Waals surface area contributed by atoms with Crippen molar-refractivity contribution >= 4 is 23.2 Å². The van der Waals surface area contributed by atoms with Gasteiger partial charge in [0.05, 0.1) is 0 Å². The fourth-order valence-corrected chi connectivity index (χ4v) is 2.14. The summed E-state index contributed by atoms with van der Waals surface area (Å²) in [7, 11) is 0. The van der Waals surface area contributed by atoms with E-state index in [1.54, 1.807) is 24.3 Å². The number of anilines is 2. The van der Waals surface area contributed by atoms with Gasteiger partial charge < -0.3 is 10.6 Å². The molecule has 0 aliphatic carbocycles. The van der Waals surface area contributed by atoms with Crippen LogP contribution in [-0.2, 0) is 16.1 Å². The Labute approximate surface area is 143 Å². The van der Waals surface area contributed by atoms with Crippen molar-refractivity contribution in [3.63, 3.8) is 0 Å². The number of rotatable bonds is 6. The molecule has 1 aromatic carbocycles. The Kier molecular flexibility index (Phi) is 5.89. The van der Waals surface area contributed by atoms with Crippen molar-refractivity contribution in [2.45, 2.75) is 26.8 Å². The molecule has 0 radical (unpaired) electrons. The summed E-state index contributed by atoms with van der Waals surface area (Å²) in [6.07, 6.45) is 1.69. The topological polar surface area (TPSA) is 113 Å². The summed E-state index contributed by atoms with van der Waals surface area (Å²) in [5, 5.41) is 5.42. The summed E-state index contributed by atoms with van der Waals surface area (Å²) in [6.45, 7) is 3.71. The number of nitrogens with zero attached hydrogens (tertiary/aromatic N) is 1. The van der Waals surface area contributed by atoms with Crippen LogP contribution in [0.5, 0.6) is 0 Å². The molecule has 8 nitrogen and oxygen atoms in total. The number of H-pyrrole nitrogens is 1. The summed E-state index contributed by atoms with van der Waals surface area (Å²) < 4.78 is 1.09. The van der Waals surface area contributed by atoms with Crippen LogP contribution < -0.4 is 21.9 Å². The molecule has 1 aromatic heterocycles. The van der Waals surface area contributed by atoms with Gasteiger partial charge in [-0.3, -0.25) is 23.9 Å². The van der Waals surface area contributed by atoms with Crippen LogP contribution in [0.1, 0.15) is 20.3 Å². The standard InChI is InChI=1S/C17H20N4O4/c1-11(2)9-15(23)18-12-3-5-13(6-4-12)19-16(24)10-21-8-7-14(22)20-17(21)25/h3-8,11H,9-10H2,1-2H3,(H,18,23)(H,19,24)(H,20,22,25). The van der Waals surface area contributed by atoms with Crippen LogP contribution in [0.15, 0.2) is 46.1 Å². The number of aromatic nitrogens is 2. The van der Waals surface area contributed by atoms with Gasteiger partial charge in [0.15, 0.2) is 0 Å². The van der Waals surface area contributed by atoms with Crippen molar-refractivity contribution in [2.75, 3.05) is 10.6 Å². The molecule has 0 aliphatic rings. The van der Waals surface area contributed by atoms with Gasteiger partial charge in [0.2, 0.25) is 11.8 Å². The molecule has 132 valence electrons. The summed E-state index contributed by atoms with van der Waals surface area (Å²) in [6, 6.07) is 7.83. The van der Waals surface area contributed by atoms with Gasteiger partial charge in [-0.25, -0.2) is 4.79 Å². The Morgan fingerprint density at radius 3 is 2.08 bits per heavy atom. The third kappa shape index (κ3) is 5.76. The third-order valence-electron chi connectivity index (χ3n) is 3.26. The van der Waals surface area contributed by atoms with Crippen molar-refractivity contribution in [3.8, 4) is 0 Å². The first kappa shape index (κ1) is 18.2. The van der Waals surface area contributed by atoms with E-state index < -0.39 is 17.2 Å². The maximum absolute atomic E-state index is 12.0. The van der Waals surface area contributed by atoms with Gasteiger partial charge in [0.1, 0.15) is 6.54 Å². The first-order valence-corrected chi connectivity index (χ1v) is 7.83. The highest BCUT2D eigenvalue weighted by Crippen LogP contribution is 2.14. The first-order valence-electron chi connectivity index (χ1n) is 7.83. The van der Waals surface area contributed by atoms with Crippen LogP contribution in [0.25, 0.3) is 0 Å². The molecule has 0 spiro atoms. The second kappa shape index (κ2) is 8.09. The zero-order chi connectivity index (χ0) is 18.4. The third-order valence-corrected chi connectivity index (χ3v) is 3.26. The lowest BCUT2D eigenvalue weighted by atomic mass is 10.1. The lowest BCUT2D eigenvalue weighted by Gasteiger charge is -2.09. The SMILES string of the molecule is CC(C)CC(=O)Nc1ccc(NC(=O)Cn2ccc(=O)[nH]c2=O)cc1. The van der Waals surface area contributed by atoms with Crippen LogP contribution in [-0.4, -0.2) is 21.4 Å². The van der Waals surface area contributed by atoms with E-state index in [-0.39, 0.29) is 18.4 Å². The number of aromatic amines is 1. The largest absolute Gasteiger partial charge is 0.328 e. The summed E-state index contributed by atoms with van der Waals surface area (Å²) in [5.74, 6) is -0.204. The van der Waals surface area contributed by atoms with Gasteiger partial charge >= 0.3 is 5.69 Å². The van der Waals surface area contributed by atoms with Crippen molar-refractivity contribution < 1.29 is 9.59 Å². The Morgan fingerprint density at radius 1 is 1.00 bits per heavy atom. The Hall–Kier alpha value is -3.16. The quantitative estimate of drug-likeness (QED) is 0.730. The molecular formula is C17H20N4O4. The number of benzene rings is 1. The first-order chi connectivity index (χ1) is 11.8. The van der Waals surface area contributed by atoms with Gasteiger partial charge in [0, 0.05) is 30.1 Å². The molecule has 2 aromatic rings. The number of carbonyl (C=O) groups is 2. The van der Waals surface area contributed by atoms with E-state index in [4.69, 9.17) is 0 Å². The molecule has 3 N–H and O–H groups in total. The summed E-state index contributed by atoms with van der Waals surface area (Å²) in [5.41, 5.74) is 0.00691. The molecule has 0 fully saturated rings. The Balaban J connectivity index is 1.94. The number of hydrogen-bond donors (Lipinski definition) is 3. The minimum Gasteiger partial charge on any atom is -0.326 e. The molecule has 8 heteroatoms. The molecule has 0 saturated carbocycles. The highest BCUT2D eigenvalue weighted by Gasteiger charge is 2.07. The van der Waals surface area contributed by atoms with E-state index in [1.807, 2.05) is 13.8 Å². The Bertz CT molecular complexity index is 865. The number of hydrogen-bond acceptors (Lipinski definition) is 4. The monoisotopic (exact) mass is 344 g/mol. The minimum absolute atomic E-state index is 0.0655. The summed E-state index contributed by atoms with van der Waals surface area (Å²) >= 11 is 0. The number of amides is 2. The fraction of sp³-hybridized carbons (Fsp3) is 0.294. The van der Waals surface area contributed by atoms with Gasteiger partial charge in [-0.2, -0.15) is 0 Å². The molecule has 2 rings (SSSR count). The van der Waals surface area contributed by atoms with Crippen LogP contribution in [0.3, 0.4) is 0 Å². The maximum Gasteiger partial charge on any atom is 0.328 e. The van der Waals surface area contributed by atoms with Gasteiger partial charge in [-0.1, -0.05) is 13.8 Å². The second-order valence-corrected chi connectivity index (χ2v) is 6.01. The molecule has 1 heterocycles. The van der Waals surface area contributed by atoms with E-state index in [1.165, 1.54) is 12.3 Å². The molecule has 2 amide bonds. The van der Waals surface area contributed by atoms with Crippen LogP contribution in [0, 0.1) is 5.92 Å². The minimum atomic E-state index is -0.647. The van der Waals surface area contributed by atoms with Crippen molar-refractivity contribution in [1.29, 1.82) is 0 Å². The molecule has 0 saturated heterocycles. The van der Waals surface area contributed by atoms with E-state index in [2.05, 4.69) is 15.6 Å². The van der Waals surface area contributed by atoms with E-state index in [0.29, 0.717) is 17.8 Å². The maximum atomic E-state index is 12.0. The van der Waals surface area contributed by atoms with Gasteiger partial charge in [-0.05, 0) is 30.2 Å². The van der Waals surface area contributed by atoms with Crippen LogP contribution >= 0.6 is 0 Å². The Morgan fingerprint density at radius 2 is 1.56 bits per heavy atom. The molecule has 0 unspecified atom stereocenters. The van der Waals surface area contributed by atoms with Gasteiger partial charge in [-0.15, -0.1) is 0 Å². The molecule has 0 aliphatic heterocycles. The van der Waals surface area contributed by atoms with E-state index in [0.717, 1.165) is 4.57 Å². The van der Waals surface area contributed by atoms with Crippen LogP contribution in [0.4, 0.5) is 11.4 Å². The van der Waals surface area contributed by atoms with Crippen molar-refractivity contribution in [2.24, 2.45) is 5.92 Å².